The summed E-state index contributed by atoms with van der Waals surface area (Å²) in [4.78, 5) is 0.368. The minimum atomic E-state index is -3.50. The van der Waals surface area contributed by atoms with E-state index >= 15 is 0 Å². The summed E-state index contributed by atoms with van der Waals surface area (Å²) in [6.45, 7) is 12.4. The van der Waals surface area contributed by atoms with Crippen LogP contribution in [0.25, 0.3) is 0 Å². The number of sulfonamides is 1. The second-order valence-electron chi connectivity index (χ2n) is 6.48. The minimum Gasteiger partial charge on any atom is -0.310 e. The highest BCUT2D eigenvalue weighted by atomic mass is 32.2. The van der Waals surface area contributed by atoms with E-state index in [-0.39, 0.29) is 0 Å². The molecule has 4 nitrogen and oxygen atoms in total. The Morgan fingerprint density at radius 1 is 1.24 bits per heavy atom. The van der Waals surface area contributed by atoms with Crippen LogP contribution in [0, 0.1) is 6.92 Å². The molecule has 0 bridgehead atoms. The fourth-order valence-corrected chi connectivity index (χ4v) is 3.64. The van der Waals surface area contributed by atoms with E-state index in [1.165, 1.54) is 0 Å². The lowest BCUT2D eigenvalue weighted by Crippen LogP contribution is -2.42. The van der Waals surface area contributed by atoms with Crippen LogP contribution in [0.3, 0.4) is 0 Å². The number of benzene rings is 1. The molecule has 21 heavy (non-hydrogen) atoms. The Morgan fingerprint density at radius 3 is 2.38 bits per heavy atom. The summed E-state index contributed by atoms with van der Waals surface area (Å²) in [5.74, 6) is 0. The van der Waals surface area contributed by atoms with Crippen LogP contribution in [0.5, 0.6) is 0 Å². The van der Waals surface area contributed by atoms with Gasteiger partial charge >= 0.3 is 0 Å². The summed E-state index contributed by atoms with van der Waals surface area (Å²) in [5.41, 5.74) is 1.30. The van der Waals surface area contributed by atoms with E-state index in [1.54, 1.807) is 6.07 Å². The van der Waals surface area contributed by atoms with Crippen LogP contribution in [-0.2, 0) is 16.6 Å². The molecule has 0 amide bonds. The third-order valence-electron chi connectivity index (χ3n) is 3.55. The first-order valence-electron chi connectivity index (χ1n) is 7.44. The van der Waals surface area contributed by atoms with Crippen LogP contribution in [0.4, 0.5) is 0 Å². The Kier molecular flexibility index (Phi) is 5.96. The van der Waals surface area contributed by atoms with E-state index in [4.69, 9.17) is 0 Å². The molecule has 1 aromatic rings. The number of rotatable bonds is 7. The molecule has 1 rings (SSSR count). The quantitative estimate of drug-likeness (QED) is 0.814. The SMILES string of the molecule is CCC(C)(C)NS(=O)(=O)c1cc(CNC(C)C)ccc1C. The standard InChI is InChI=1S/C16H28N2O2S/c1-7-16(5,6)18-21(19,20)15-10-14(9-8-13(15)4)11-17-12(2)3/h8-10,12,17-18H,7,11H2,1-6H3. The van der Waals surface area contributed by atoms with Crippen molar-refractivity contribution in [2.45, 2.75) is 71.0 Å². The van der Waals surface area contributed by atoms with Gasteiger partial charge in [0.05, 0.1) is 4.90 Å². The van der Waals surface area contributed by atoms with E-state index in [1.807, 2.05) is 39.8 Å². The molecule has 0 heterocycles. The predicted molar refractivity (Wildman–Crippen MR) is 87.8 cm³/mol. The molecule has 0 saturated carbocycles. The van der Waals surface area contributed by atoms with Crippen molar-refractivity contribution >= 4 is 10.0 Å². The van der Waals surface area contributed by atoms with E-state index < -0.39 is 15.6 Å². The summed E-state index contributed by atoms with van der Waals surface area (Å²) in [5, 5.41) is 3.30. The van der Waals surface area contributed by atoms with Crippen LogP contribution in [0.1, 0.15) is 52.2 Å². The summed E-state index contributed by atoms with van der Waals surface area (Å²) in [7, 11) is -3.50. The normalized spacial score (nSPS) is 12.9. The van der Waals surface area contributed by atoms with Crippen molar-refractivity contribution in [3.8, 4) is 0 Å². The first-order valence-corrected chi connectivity index (χ1v) is 8.92. The highest BCUT2D eigenvalue weighted by molar-refractivity contribution is 7.89. The zero-order valence-electron chi connectivity index (χ0n) is 13.9. The lowest BCUT2D eigenvalue weighted by molar-refractivity contribution is 0.439. The monoisotopic (exact) mass is 312 g/mol. The average Bonchev–Trinajstić information content (AvgIpc) is 2.36. The molecule has 0 fully saturated rings. The molecule has 0 aliphatic carbocycles. The molecule has 0 aliphatic heterocycles. The zero-order chi connectivity index (χ0) is 16.3. The molecule has 120 valence electrons. The van der Waals surface area contributed by atoms with E-state index in [9.17, 15) is 8.42 Å². The summed E-state index contributed by atoms with van der Waals surface area (Å²) < 4.78 is 28.0. The Morgan fingerprint density at radius 2 is 1.86 bits per heavy atom. The van der Waals surface area contributed by atoms with Crippen molar-refractivity contribution in [3.05, 3.63) is 29.3 Å². The van der Waals surface area contributed by atoms with Crippen LogP contribution in [-0.4, -0.2) is 20.0 Å². The molecule has 1 aromatic carbocycles. The van der Waals surface area contributed by atoms with Crippen molar-refractivity contribution in [2.75, 3.05) is 0 Å². The van der Waals surface area contributed by atoms with E-state index in [0.29, 0.717) is 17.5 Å². The van der Waals surface area contributed by atoms with Gasteiger partial charge in [0, 0.05) is 18.1 Å². The predicted octanol–water partition coefficient (Wildman–Crippen LogP) is 2.96. The average molecular weight is 312 g/mol. The molecule has 0 saturated heterocycles. The van der Waals surface area contributed by atoms with Crippen LogP contribution >= 0.6 is 0 Å². The fourth-order valence-electron chi connectivity index (χ4n) is 1.86. The maximum absolute atomic E-state index is 12.6. The number of hydrogen-bond acceptors (Lipinski definition) is 3. The minimum absolute atomic E-state index is 0.364. The van der Waals surface area contributed by atoms with Crippen molar-refractivity contribution in [3.63, 3.8) is 0 Å². The third kappa shape index (κ3) is 5.41. The van der Waals surface area contributed by atoms with Crippen molar-refractivity contribution < 1.29 is 8.42 Å². The summed E-state index contributed by atoms with van der Waals surface area (Å²) in [6.07, 6.45) is 0.736. The summed E-state index contributed by atoms with van der Waals surface area (Å²) in [6, 6.07) is 5.96. The Hall–Kier alpha value is -0.910. The molecule has 0 spiro atoms. The van der Waals surface area contributed by atoms with Crippen LogP contribution in [0.15, 0.2) is 23.1 Å². The van der Waals surface area contributed by atoms with E-state index in [2.05, 4.69) is 23.9 Å². The van der Waals surface area contributed by atoms with E-state index in [0.717, 1.165) is 17.5 Å². The van der Waals surface area contributed by atoms with Gasteiger partial charge in [0.1, 0.15) is 0 Å². The maximum Gasteiger partial charge on any atom is 0.241 e. The topological polar surface area (TPSA) is 58.2 Å². The van der Waals surface area contributed by atoms with Crippen LogP contribution < -0.4 is 10.0 Å². The molecule has 0 aromatic heterocycles. The highest BCUT2D eigenvalue weighted by Gasteiger charge is 2.25. The van der Waals surface area contributed by atoms with Gasteiger partial charge in [-0.3, -0.25) is 0 Å². The van der Waals surface area contributed by atoms with Gasteiger partial charge in [0.2, 0.25) is 10.0 Å². The first kappa shape index (κ1) is 18.1. The molecule has 2 N–H and O–H groups in total. The van der Waals surface area contributed by atoms with Gasteiger partial charge in [-0.25, -0.2) is 13.1 Å². The van der Waals surface area contributed by atoms with Crippen molar-refractivity contribution in [1.82, 2.24) is 10.0 Å². The number of nitrogens with one attached hydrogen (secondary N) is 2. The Bertz CT molecular complexity index is 578. The van der Waals surface area contributed by atoms with Gasteiger partial charge in [-0.1, -0.05) is 32.9 Å². The van der Waals surface area contributed by atoms with Gasteiger partial charge in [0.15, 0.2) is 0 Å². The first-order chi connectivity index (χ1) is 9.57. The molecule has 5 heteroatoms. The third-order valence-corrected chi connectivity index (χ3v) is 5.39. The fraction of sp³-hybridized carbons (Fsp3) is 0.625. The molecular formula is C16H28N2O2S. The Labute approximate surface area is 129 Å². The zero-order valence-corrected chi connectivity index (χ0v) is 14.8. The van der Waals surface area contributed by atoms with Crippen LogP contribution in [0.2, 0.25) is 0 Å². The summed E-state index contributed by atoms with van der Waals surface area (Å²) >= 11 is 0. The number of aryl methyl sites for hydroxylation is 1. The smallest absolute Gasteiger partial charge is 0.241 e. The lowest BCUT2D eigenvalue weighted by atomic mass is 10.0. The second-order valence-corrected chi connectivity index (χ2v) is 8.13. The molecule has 0 aliphatic rings. The molecule has 0 unspecified atom stereocenters. The number of hydrogen-bond donors (Lipinski definition) is 2. The van der Waals surface area contributed by atoms with Crippen molar-refractivity contribution in [1.29, 1.82) is 0 Å². The van der Waals surface area contributed by atoms with Gasteiger partial charge < -0.3 is 5.32 Å². The lowest BCUT2D eigenvalue weighted by Gasteiger charge is -2.25. The highest BCUT2D eigenvalue weighted by Crippen LogP contribution is 2.20. The maximum atomic E-state index is 12.6. The van der Waals surface area contributed by atoms with Gasteiger partial charge in [-0.05, 0) is 44.4 Å². The van der Waals surface area contributed by atoms with Crippen molar-refractivity contribution in [2.24, 2.45) is 0 Å². The second kappa shape index (κ2) is 6.90. The van der Waals surface area contributed by atoms with Gasteiger partial charge in [-0.15, -0.1) is 0 Å². The molecule has 0 radical (unpaired) electrons. The van der Waals surface area contributed by atoms with Gasteiger partial charge in [-0.2, -0.15) is 0 Å². The molecule has 0 atom stereocenters. The Balaban J connectivity index is 3.08. The largest absolute Gasteiger partial charge is 0.310 e. The molecular weight excluding hydrogens is 284 g/mol. The van der Waals surface area contributed by atoms with Gasteiger partial charge in [0.25, 0.3) is 0 Å².